The van der Waals surface area contributed by atoms with E-state index in [0.717, 1.165) is 45.2 Å². The average Bonchev–Trinajstić information content (AvgIpc) is 3.07. The summed E-state index contributed by atoms with van der Waals surface area (Å²) in [5.41, 5.74) is 3.02. The van der Waals surface area contributed by atoms with Gasteiger partial charge in [0.05, 0.1) is 12.7 Å². The fraction of sp³-hybridized carbons (Fsp3) is 0.636. The molecule has 190 valence electrons. The fourth-order valence-corrected chi connectivity index (χ4v) is 5.58. The van der Waals surface area contributed by atoms with Gasteiger partial charge in [-0.3, -0.25) is 10.2 Å². The second-order valence-corrected chi connectivity index (χ2v) is 10.8. The van der Waals surface area contributed by atoms with Crippen molar-refractivity contribution in [1.82, 2.24) is 24.8 Å². The van der Waals surface area contributed by atoms with Crippen LogP contribution in [0.3, 0.4) is 0 Å². The van der Waals surface area contributed by atoms with Crippen LogP contribution in [0, 0.1) is 5.92 Å². The summed E-state index contributed by atoms with van der Waals surface area (Å²) in [5.74, 6) is 0.464. The van der Waals surface area contributed by atoms with Gasteiger partial charge in [0, 0.05) is 37.7 Å². The van der Waals surface area contributed by atoms with E-state index < -0.39 is 16.2 Å². The molecule has 2 aliphatic heterocycles. The monoisotopic (exact) mass is 515 g/mol. The Morgan fingerprint density at radius 2 is 1.76 bits per heavy atom. The van der Waals surface area contributed by atoms with Crippen molar-refractivity contribution in [2.24, 2.45) is 5.92 Å². The van der Waals surface area contributed by atoms with Gasteiger partial charge in [0.2, 0.25) is 0 Å². The Bertz CT molecular complexity index is 945. The number of benzene rings is 1. The van der Waals surface area contributed by atoms with Crippen LogP contribution in [-0.4, -0.2) is 69.5 Å². The Hall–Kier alpha value is -2.08. The predicted octanol–water partition coefficient (Wildman–Crippen LogP) is 2.52. The van der Waals surface area contributed by atoms with Gasteiger partial charge in [0.15, 0.2) is 0 Å². The van der Waals surface area contributed by atoms with E-state index in [0.29, 0.717) is 48.8 Å². The molecule has 2 heterocycles. The second kappa shape index (κ2) is 12.6. The molecule has 0 saturated carbocycles. The van der Waals surface area contributed by atoms with Crippen LogP contribution < -0.4 is 20.2 Å². The van der Waals surface area contributed by atoms with Crippen LogP contribution in [-0.2, 0) is 10.2 Å². The Labute approximate surface area is 206 Å². The quantitative estimate of drug-likeness (QED) is 0.489. The van der Waals surface area contributed by atoms with Crippen molar-refractivity contribution in [3.8, 4) is 5.75 Å². The number of hydrogen-bond donors (Lipinski definition) is 3. The van der Waals surface area contributed by atoms with E-state index in [1.807, 2.05) is 0 Å². The van der Waals surface area contributed by atoms with Crippen molar-refractivity contribution in [2.75, 3.05) is 39.8 Å². The van der Waals surface area contributed by atoms with Crippen LogP contribution >= 0.6 is 11.6 Å². The molecule has 3 amide bonds. The molecule has 2 saturated heterocycles. The number of methoxy groups -OCH3 is 1. The minimum absolute atomic E-state index is 0.265. The third-order valence-corrected chi connectivity index (χ3v) is 7.97. The van der Waals surface area contributed by atoms with E-state index in [-0.39, 0.29) is 11.8 Å². The fourth-order valence-electron chi connectivity index (χ4n) is 4.31. The number of carbonyl (C=O) groups excluding carboxylic acids is 2. The van der Waals surface area contributed by atoms with Gasteiger partial charge in [-0.2, -0.15) is 12.7 Å². The van der Waals surface area contributed by atoms with E-state index >= 15 is 0 Å². The highest BCUT2D eigenvalue weighted by Crippen LogP contribution is 2.24. The molecule has 34 heavy (non-hydrogen) atoms. The topological polar surface area (TPSA) is 120 Å². The molecule has 3 rings (SSSR count). The summed E-state index contributed by atoms with van der Waals surface area (Å²) in [6.45, 7) is 2.56. The maximum absolute atomic E-state index is 12.6. The molecule has 0 aromatic heterocycles. The maximum Gasteiger partial charge on any atom is 0.343 e. The molecule has 0 radical (unpaired) electrons. The molecule has 2 fully saturated rings. The number of carbonyl (C=O) groups is 2. The third kappa shape index (κ3) is 7.72. The Morgan fingerprint density at radius 1 is 1.09 bits per heavy atom. The van der Waals surface area contributed by atoms with E-state index in [1.54, 1.807) is 23.2 Å². The van der Waals surface area contributed by atoms with E-state index in [9.17, 15) is 18.0 Å². The number of nitrogens with one attached hydrogen (secondary N) is 3. The van der Waals surface area contributed by atoms with E-state index in [1.165, 1.54) is 11.4 Å². The minimum atomic E-state index is -3.90. The van der Waals surface area contributed by atoms with Crippen LogP contribution in [0.5, 0.6) is 5.75 Å². The Kier molecular flexibility index (Phi) is 9.81. The first kappa shape index (κ1) is 26.5. The van der Waals surface area contributed by atoms with Crippen LogP contribution in [0.1, 0.15) is 55.3 Å². The molecule has 1 aromatic rings. The summed E-state index contributed by atoms with van der Waals surface area (Å²) >= 11 is 5.99. The van der Waals surface area contributed by atoms with Crippen molar-refractivity contribution in [3.63, 3.8) is 0 Å². The Balaban J connectivity index is 1.40. The van der Waals surface area contributed by atoms with Gasteiger partial charge in [-0.15, -0.1) is 0 Å². The van der Waals surface area contributed by atoms with Gasteiger partial charge in [0.1, 0.15) is 5.75 Å². The molecule has 10 nitrogen and oxygen atoms in total. The summed E-state index contributed by atoms with van der Waals surface area (Å²) in [5, 5.41) is 5.11. The Morgan fingerprint density at radius 3 is 2.41 bits per heavy atom. The minimum Gasteiger partial charge on any atom is -0.496 e. The zero-order valence-electron chi connectivity index (χ0n) is 19.5. The van der Waals surface area contributed by atoms with Gasteiger partial charge in [-0.1, -0.05) is 24.4 Å². The second-order valence-electron chi connectivity index (χ2n) is 8.68. The molecule has 0 atom stereocenters. The molecule has 0 aliphatic carbocycles. The number of ether oxygens (including phenoxy) is 1. The molecule has 0 unspecified atom stereocenters. The lowest BCUT2D eigenvalue weighted by atomic mass is 9.95. The summed E-state index contributed by atoms with van der Waals surface area (Å²) < 4.78 is 33.9. The van der Waals surface area contributed by atoms with Gasteiger partial charge < -0.3 is 10.1 Å². The number of amides is 3. The summed E-state index contributed by atoms with van der Waals surface area (Å²) in [4.78, 5) is 24.7. The smallest absolute Gasteiger partial charge is 0.343 e. The normalized spacial score (nSPS) is 18.6. The molecule has 12 heteroatoms. The van der Waals surface area contributed by atoms with E-state index in [4.69, 9.17) is 16.3 Å². The number of rotatable bonds is 8. The molecule has 1 aromatic carbocycles. The first-order valence-electron chi connectivity index (χ1n) is 11.7. The first-order valence-corrected chi connectivity index (χ1v) is 13.6. The maximum atomic E-state index is 12.6. The SMILES string of the molecule is COc1ccc(Cl)cc1C(=O)NCCC1CCN(S(=O)(=O)NC(=O)NN2CCCCCC2)CC1. The van der Waals surface area contributed by atoms with Gasteiger partial charge in [-0.25, -0.2) is 14.5 Å². The molecular weight excluding hydrogens is 482 g/mol. The first-order chi connectivity index (χ1) is 16.3. The number of hydrazine groups is 1. The number of urea groups is 1. The van der Waals surface area contributed by atoms with Crippen molar-refractivity contribution in [2.45, 2.75) is 44.9 Å². The van der Waals surface area contributed by atoms with Crippen LogP contribution in [0.4, 0.5) is 4.79 Å². The summed E-state index contributed by atoms with van der Waals surface area (Å²) in [7, 11) is -2.40. The van der Waals surface area contributed by atoms with Crippen LogP contribution in [0.25, 0.3) is 0 Å². The van der Waals surface area contributed by atoms with Gasteiger partial charge >= 0.3 is 16.2 Å². The number of hydrogen-bond acceptors (Lipinski definition) is 6. The molecular formula is C22H34ClN5O5S. The van der Waals surface area contributed by atoms with Crippen molar-refractivity contribution in [3.05, 3.63) is 28.8 Å². The number of halogens is 1. The highest BCUT2D eigenvalue weighted by atomic mass is 35.5. The van der Waals surface area contributed by atoms with Crippen LogP contribution in [0.15, 0.2) is 18.2 Å². The highest BCUT2D eigenvalue weighted by molar-refractivity contribution is 7.87. The molecule has 2 aliphatic rings. The third-order valence-electron chi connectivity index (χ3n) is 6.25. The van der Waals surface area contributed by atoms with Gasteiger partial charge in [0.25, 0.3) is 5.91 Å². The highest BCUT2D eigenvalue weighted by Gasteiger charge is 2.29. The number of nitrogens with zero attached hydrogens (tertiary/aromatic N) is 2. The van der Waals surface area contributed by atoms with Gasteiger partial charge in [-0.05, 0) is 56.2 Å². The standard InChI is InChI=1S/C22H34ClN5O5S/c1-33-20-7-6-18(23)16-19(20)21(29)24-11-8-17-9-14-28(15-10-17)34(31,32)26-22(30)25-27-12-4-2-3-5-13-27/h6-7,16-17H,2-5,8-15H2,1H3,(H,24,29)(H2,25,26,30). The molecule has 3 N–H and O–H groups in total. The molecule has 0 bridgehead atoms. The van der Waals surface area contributed by atoms with E-state index in [2.05, 4.69) is 15.5 Å². The van der Waals surface area contributed by atoms with Crippen LogP contribution in [0.2, 0.25) is 5.02 Å². The lowest BCUT2D eigenvalue weighted by molar-refractivity contribution is 0.0947. The van der Waals surface area contributed by atoms with Crippen molar-refractivity contribution in [1.29, 1.82) is 0 Å². The summed E-state index contributed by atoms with van der Waals surface area (Å²) in [6, 6.07) is 4.15. The largest absolute Gasteiger partial charge is 0.496 e. The van der Waals surface area contributed by atoms with Crippen molar-refractivity contribution < 1.29 is 22.7 Å². The molecule has 0 spiro atoms. The zero-order valence-corrected chi connectivity index (χ0v) is 21.1. The number of piperidine rings is 1. The van der Waals surface area contributed by atoms with Crippen molar-refractivity contribution >= 4 is 33.7 Å². The zero-order chi connectivity index (χ0) is 24.6. The average molecular weight is 516 g/mol. The lowest BCUT2D eigenvalue weighted by Gasteiger charge is -2.31. The predicted molar refractivity (Wildman–Crippen MR) is 130 cm³/mol. The lowest BCUT2D eigenvalue weighted by Crippen LogP contribution is -2.53. The summed E-state index contributed by atoms with van der Waals surface area (Å²) in [6.07, 6.45) is 6.24.